The molecule has 152 valence electrons. The molecule has 0 aromatic heterocycles. The fourth-order valence-corrected chi connectivity index (χ4v) is 4.47. The first-order valence-corrected chi connectivity index (χ1v) is 11.2. The number of nitrogens with one attached hydrogen (secondary N) is 2. The van der Waals surface area contributed by atoms with E-state index in [0.717, 1.165) is 24.9 Å². The van der Waals surface area contributed by atoms with E-state index in [-0.39, 0.29) is 10.8 Å². The number of rotatable bonds is 7. The standard InChI is InChI=1S/C20H30Cl2N2O2S/c1-6-9-26-18-12-17(22)16(21)11-15(18)19(24-27(25)20(3,4)5)14-7-8-23-13(2)10-14/h6,11-14,19,23-24H,1,7-10H2,2-5H3/t13-,14+,19+,27-/m0/s1. The molecule has 7 heteroatoms. The molecule has 1 aliphatic rings. The highest BCUT2D eigenvalue weighted by atomic mass is 35.5. The van der Waals surface area contributed by atoms with Crippen LogP contribution < -0.4 is 14.8 Å². The molecule has 0 bridgehead atoms. The molecular weight excluding hydrogens is 403 g/mol. The van der Waals surface area contributed by atoms with Gasteiger partial charge in [0.1, 0.15) is 12.4 Å². The van der Waals surface area contributed by atoms with E-state index in [1.807, 2.05) is 26.8 Å². The smallest absolute Gasteiger partial charge is 0.126 e. The lowest BCUT2D eigenvalue weighted by atomic mass is 9.83. The van der Waals surface area contributed by atoms with Crippen molar-refractivity contribution in [3.63, 3.8) is 0 Å². The summed E-state index contributed by atoms with van der Waals surface area (Å²) in [7, 11) is -1.23. The van der Waals surface area contributed by atoms with Crippen LogP contribution in [0.15, 0.2) is 24.8 Å². The molecule has 0 radical (unpaired) electrons. The highest BCUT2D eigenvalue weighted by Crippen LogP contribution is 2.40. The summed E-state index contributed by atoms with van der Waals surface area (Å²) in [6.07, 6.45) is 3.64. The van der Waals surface area contributed by atoms with Crippen LogP contribution in [0.5, 0.6) is 5.75 Å². The zero-order chi connectivity index (χ0) is 20.2. The lowest BCUT2D eigenvalue weighted by Crippen LogP contribution is -2.44. The van der Waals surface area contributed by atoms with E-state index in [9.17, 15) is 4.21 Å². The second-order valence-electron chi connectivity index (χ2n) is 8.02. The number of halogens is 2. The van der Waals surface area contributed by atoms with Crippen molar-refractivity contribution < 1.29 is 8.95 Å². The van der Waals surface area contributed by atoms with Crippen LogP contribution in [0.3, 0.4) is 0 Å². The Kier molecular flexibility index (Phi) is 8.19. The molecule has 0 saturated carbocycles. The molecule has 0 amide bonds. The molecule has 0 aliphatic carbocycles. The van der Waals surface area contributed by atoms with Crippen LogP contribution in [0, 0.1) is 5.92 Å². The van der Waals surface area contributed by atoms with Crippen LogP contribution in [0.1, 0.15) is 52.1 Å². The number of hydrogen-bond donors (Lipinski definition) is 2. The summed E-state index contributed by atoms with van der Waals surface area (Å²) in [5.41, 5.74) is 0.892. The van der Waals surface area contributed by atoms with Crippen molar-refractivity contribution in [3.8, 4) is 5.75 Å². The van der Waals surface area contributed by atoms with E-state index in [1.54, 1.807) is 12.1 Å². The van der Waals surface area contributed by atoms with Crippen molar-refractivity contribution in [1.82, 2.24) is 10.0 Å². The zero-order valence-corrected chi connectivity index (χ0v) is 18.8. The second-order valence-corrected chi connectivity index (χ2v) is 10.8. The minimum Gasteiger partial charge on any atom is -0.489 e. The van der Waals surface area contributed by atoms with Gasteiger partial charge in [0, 0.05) is 17.7 Å². The Balaban J connectivity index is 2.46. The van der Waals surface area contributed by atoms with Crippen LogP contribution in [0.4, 0.5) is 0 Å². The number of hydrogen-bond acceptors (Lipinski definition) is 3. The minimum absolute atomic E-state index is 0.149. The van der Waals surface area contributed by atoms with Crippen LogP contribution in [0.25, 0.3) is 0 Å². The highest BCUT2D eigenvalue weighted by Gasteiger charge is 2.33. The summed E-state index contributed by atoms with van der Waals surface area (Å²) >= 11 is 12.6. The monoisotopic (exact) mass is 432 g/mol. The largest absolute Gasteiger partial charge is 0.489 e. The average molecular weight is 433 g/mol. The third kappa shape index (κ3) is 6.20. The van der Waals surface area contributed by atoms with Crippen molar-refractivity contribution in [3.05, 3.63) is 40.4 Å². The van der Waals surface area contributed by atoms with Gasteiger partial charge in [-0.2, -0.15) is 0 Å². The molecule has 0 spiro atoms. The molecule has 1 heterocycles. The zero-order valence-electron chi connectivity index (χ0n) is 16.5. The van der Waals surface area contributed by atoms with Crippen molar-refractivity contribution in [2.45, 2.75) is 57.4 Å². The molecule has 1 aromatic carbocycles. The average Bonchev–Trinajstić information content (AvgIpc) is 2.59. The normalized spacial score (nSPS) is 22.9. The summed E-state index contributed by atoms with van der Waals surface area (Å²) in [4.78, 5) is 0. The van der Waals surface area contributed by atoms with E-state index in [4.69, 9.17) is 27.9 Å². The quantitative estimate of drug-likeness (QED) is 0.593. The molecule has 27 heavy (non-hydrogen) atoms. The fourth-order valence-electron chi connectivity index (χ4n) is 3.24. The van der Waals surface area contributed by atoms with E-state index >= 15 is 0 Å². The topological polar surface area (TPSA) is 50.4 Å². The van der Waals surface area contributed by atoms with Crippen LogP contribution in [-0.4, -0.2) is 28.1 Å². The van der Waals surface area contributed by atoms with Gasteiger partial charge in [0.05, 0.1) is 31.8 Å². The first-order chi connectivity index (χ1) is 12.6. The molecule has 1 saturated heterocycles. The number of benzene rings is 1. The lowest BCUT2D eigenvalue weighted by Gasteiger charge is -2.36. The molecule has 1 aromatic rings. The Hall–Kier alpha value is -0.590. The summed E-state index contributed by atoms with van der Waals surface area (Å²) in [6, 6.07) is 3.83. The number of ether oxygens (including phenoxy) is 1. The maximum atomic E-state index is 12.9. The van der Waals surface area contributed by atoms with Gasteiger partial charge in [-0.05, 0) is 59.1 Å². The molecule has 1 fully saturated rings. The molecule has 0 unspecified atom stereocenters. The fraction of sp³-hybridized carbons (Fsp3) is 0.600. The summed E-state index contributed by atoms with van der Waals surface area (Å²) in [5.74, 6) is 0.953. The van der Waals surface area contributed by atoms with E-state index in [0.29, 0.717) is 34.4 Å². The highest BCUT2D eigenvalue weighted by molar-refractivity contribution is 7.84. The third-order valence-electron chi connectivity index (χ3n) is 4.67. The van der Waals surface area contributed by atoms with Crippen LogP contribution in [-0.2, 0) is 11.0 Å². The Morgan fingerprint density at radius 2 is 2.07 bits per heavy atom. The van der Waals surface area contributed by atoms with Gasteiger partial charge in [-0.15, -0.1) is 0 Å². The van der Waals surface area contributed by atoms with Crippen LogP contribution >= 0.6 is 23.2 Å². The van der Waals surface area contributed by atoms with Gasteiger partial charge in [-0.1, -0.05) is 35.9 Å². The summed E-state index contributed by atoms with van der Waals surface area (Å²) in [5, 5.41) is 4.38. The van der Waals surface area contributed by atoms with Crippen LogP contribution in [0.2, 0.25) is 10.0 Å². The minimum atomic E-state index is -1.23. The Bertz CT molecular complexity index is 691. The molecule has 1 aliphatic heterocycles. The van der Waals surface area contributed by atoms with Crippen molar-refractivity contribution >= 4 is 34.2 Å². The first-order valence-electron chi connectivity index (χ1n) is 9.27. The maximum absolute atomic E-state index is 12.9. The van der Waals surface area contributed by atoms with E-state index in [2.05, 4.69) is 23.5 Å². The predicted molar refractivity (Wildman–Crippen MR) is 116 cm³/mol. The first kappa shape index (κ1) is 22.7. The van der Waals surface area contributed by atoms with Gasteiger partial charge in [0.2, 0.25) is 0 Å². The van der Waals surface area contributed by atoms with Gasteiger partial charge >= 0.3 is 0 Å². The van der Waals surface area contributed by atoms with E-state index in [1.165, 1.54) is 0 Å². The van der Waals surface area contributed by atoms with Gasteiger partial charge in [0.15, 0.2) is 0 Å². The molecule has 4 atom stereocenters. The maximum Gasteiger partial charge on any atom is 0.126 e. The SMILES string of the molecule is C=CCOc1cc(Cl)c(Cl)cc1[C@H](N[S@@](=O)C(C)(C)C)[C@@H]1CCN[C@@H](C)C1. The van der Waals surface area contributed by atoms with Gasteiger partial charge in [-0.3, -0.25) is 0 Å². The van der Waals surface area contributed by atoms with Gasteiger partial charge < -0.3 is 10.1 Å². The number of piperidine rings is 1. The van der Waals surface area contributed by atoms with Gasteiger partial charge in [-0.25, -0.2) is 8.93 Å². The van der Waals surface area contributed by atoms with Crippen molar-refractivity contribution in [2.24, 2.45) is 5.92 Å². The Morgan fingerprint density at radius 1 is 1.41 bits per heavy atom. The lowest BCUT2D eigenvalue weighted by molar-refractivity contribution is 0.260. The van der Waals surface area contributed by atoms with Crippen molar-refractivity contribution in [2.75, 3.05) is 13.2 Å². The Morgan fingerprint density at radius 3 is 2.67 bits per heavy atom. The molecule has 4 nitrogen and oxygen atoms in total. The van der Waals surface area contributed by atoms with Gasteiger partial charge in [0.25, 0.3) is 0 Å². The molecule has 2 rings (SSSR count). The summed E-state index contributed by atoms with van der Waals surface area (Å²) < 4.78 is 21.8. The predicted octanol–water partition coefficient (Wildman–Crippen LogP) is 5.04. The molecular formula is C20H30Cl2N2O2S. The Labute approximate surface area is 175 Å². The van der Waals surface area contributed by atoms with E-state index < -0.39 is 11.0 Å². The third-order valence-corrected chi connectivity index (χ3v) is 6.97. The summed E-state index contributed by atoms with van der Waals surface area (Å²) in [6.45, 7) is 13.1. The molecule has 2 N–H and O–H groups in total. The van der Waals surface area contributed by atoms with Crippen molar-refractivity contribution in [1.29, 1.82) is 0 Å². The second kappa shape index (κ2) is 9.75.